The zero-order valence-corrected chi connectivity index (χ0v) is 17.3. The molecule has 5 rings (SSSR count). The van der Waals surface area contributed by atoms with Gasteiger partial charge in [-0.25, -0.2) is 4.68 Å². The molecule has 0 amide bonds. The third-order valence-electron chi connectivity index (χ3n) is 5.94. The van der Waals surface area contributed by atoms with Gasteiger partial charge in [-0.2, -0.15) is 5.10 Å². The van der Waals surface area contributed by atoms with Gasteiger partial charge in [0.1, 0.15) is 11.6 Å². The molecule has 152 valence electrons. The fourth-order valence-electron chi connectivity index (χ4n) is 4.69. The predicted molar refractivity (Wildman–Crippen MR) is 117 cm³/mol. The highest BCUT2D eigenvalue weighted by Gasteiger charge is 2.39. The maximum absolute atomic E-state index is 13.1. The van der Waals surface area contributed by atoms with Crippen molar-refractivity contribution in [2.45, 2.75) is 39.0 Å². The third kappa shape index (κ3) is 2.93. The van der Waals surface area contributed by atoms with Crippen molar-refractivity contribution in [2.75, 3.05) is 11.9 Å². The summed E-state index contributed by atoms with van der Waals surface area (Å²) < 4.78 is 7.93. The van der Waals surface area contributed by atoms with Crippen LogP contribution in [-0.2, 0) is 4.79 Å². The molecule has 5 nitrogen and oxygen atoms in total. The number of carbonyl (C=O) groups excluding carboxylic acids is 1. The minimum atomic E-state index is -0.177. The number of benzene rings is 2. The first kappa shape index (κ1) is 18.7. The molecule has 0 radical (unpaired) electrons. The summed E-state index contributed by atoms with van der Waals surface area (Å²) in [6, 6.07) is 18.2. The van der Waals surface area contributed by atoms with Gasteiger partial charge in [-0.3, -0.25) is 4.79 Å². The van der Waals surface area contributed by atoms with E-state index in [0.29, 0.717) is 13.0 Å². The number of Topliss-reactive ketones (excluding diaryl/α,β-unsaturated/α-hetero) is 1. The van der Waals surface area contributed by atoms with E-state index in [1.807, 2.05) is 67.1 Å². The van der Waals surface area contributed by atoms with E-state index in [4.69, 9.17) is 9.84 Å². The van der Waals surface area contributed by atoms with Gasteiger partial charge in [0.25, 0.3) is 0 Å². The molecule has 3 aromatic rings. The van der Waals surface area contributed by atoms with Gasteiger partial charge in [0.05, 0.1) is 18.0 Å². The van der Waals surface area contributed by atoms with E-state index < -0.39 is 0 Å². The molecule has 2 aromatic carbocycles. The molecule has 1 N–H and O–H groups in total. The van der Waals surface area contributed by atoms with E-state index in [1.54, 1.807) is 0 Å². The van der Waals surface area contributed by atoms with Gasteiger partial charge in [0.2, 0.25) is 0 Å². The molecule has 2 heterocycles. The summed E-state index contributed by atoms with van der Waals surface area (Å²) in [6.07, 6.45) is 2.33. The highest BCUT2D eigenvalue weighted by atomic mass is 16.5. The second-order valence-electron chi connectivity index (χ2n) is 7.79. The molecule has 0 bridgehead atoms. The Labute approximate surface area is 176 Å². The summed E-state index contributed by atoms with van der Waals surface area (Å²) >= 11 is 0. The lowest BCUT2D eigenvalue weighted by Crippen LogP contribution is -2.27. The number of anilines is 1. The summed E-state index contributed by atoms with van der Waals surface area (Å²) in [6.45, 7) is 4.59. The van der Waals surface area contributed by atoms with Crippen LogP contribution in [0.4, 0.5) is 5.82 Å². The predicted octanol–water partition coefficient (Wildman–Crippen LogP) is 5.14. The maximum Gasteiger partial charge on any atom is 0.161 e. The lowest BCUT2D eigenvalue weighted by Gasteiger charge is -2.33. The number of para-hydroxylation sites is 2. The van der Waals surface area contributed by atoms with Crippen molar-refractivity contribution in [1.82, 2.24) is 9.78 Å². The first-order valence-corrected chi connectivity index (χ1v) is 10.6. The molecule has 1 atom stereocenters. The molecule has 2 aliphatic rings. The van der Waals surface area contributed by atoms with Crippen molar-refractivity contribution in [3.8, 4) is 11.4 Å². The number of rotatable bonds is 4. The molecule has 1 aliphatic carbocycles. The van der Waals surface area contributed by atoms with Crippen molar-refractivity contribution in [3.63, 3.8) is 0 Å². The monoisotopic (exact) mass is 399 g/mol. The Bertz CT molecular complexity index is 1140. The van der Waals surface area contributed by atoms with Gasteiger partial charge in [0, 0.05) is 34.7 Å². The minimum Gasteiger partial charge on any atom is -0.494 e. The van der Waals surface area contributed by atoms with Crippen LogP contribution in [0.2, 0.25) is 0 Å². The summed E-state index contributed by atoms with van der Waals surface area (Å²) in [4.78, 5) is 13.1. The number of hydrogen-bond donors (Lipinski definition) is 1. The average molecular weight is 399 g/mol. The Balaban J connectivity index is 1.77. The maximum atomic E-state index is 13.1. The standard InChI is InChI=1S/C25H25N3O2/c1-3-30-21-15-8-7-12-18(21)23-22-16(2)27-28(17-10-5-4-6-11-17)25(22)26-19-13-9-14-20(29)24(19)23/h4-8,10-12,15,23,26H,3,9,13-14H2,1-2H3/t23-/m0/s1. The van der Waals surface area contributed by atoms with Crippen LogP contribution in [-0.4, -0.2) is 22.2 Å². The second-order valence-corrected chi connectivity index (χ2v) is 7.79. The number of fused-ring (bicyclic) bond motifs is 1. The number of hydrogen-bond acceptors (Lipinski definition) is 4. The Hall–Kier alpha value is -3.34. The molecule has 0 fully saturated rings. The summed E-state index contributed by atoms with van der Waals surface area (Å²) in [5.41, 5.74) is 5.89. The SMILES string of the molecule is CCOc1ccccc1[C@@H]1C2=C(CCCC2=O)Nc2c1c(C)nn2-c1ccccc1. The van der Waals surface area contributed by atoms with Crippen molar-refractivity contribution < 1.29 is 9.53 Å². The summed E-state index contributed by atoms with van der Waals surface area (Å²) in [5.74, 6) is 1.82. The molecule has 0 saturated heterocycles. The van der Waals surface area contributed by atoms with Crippen LogP contribution < -0.4 is 10.1 Å². The molecule has 1 aliphatic heterocycles. The van der Waals surface area contributed by atoms with Gasteiger partial charge in [-0.05, 0) is 44.9 Å². The van der Waals surface area contributed by atoms with E-state index in [0.717, 1.165) is 58.2 Å². The van der Waals surface area contributed by atoms with Crippen molar-refractivity contribution >= 4 is 11.6 Å². The van der Waals surface area contributed by atoms with Crippen LogP contribution in [0, 0.1) is 6.92 Å². The quantitative estimate of drug-likeness (QED) is 0.660. The van der Waals surface area contributed by atoms with E-state index >= 15 is 0 Å². The number of aryl methyl sites for hydroxylation is 1. The molecular formula is C25H25N3O2. The molecule has 5 heteroatoms. The highest BCUT2D eigenvalue weighted by molar-refractivity contribution is 6.01. The summed E-state index contributed by atoms with van der Waals surface area (Å²) in [5, 5.41) is 8.46. The Morgan fingerprint density at radius 3 is 2.67 bits per heavy atom. The van der Waals surface area contributed by atoms with E-state index in [9.17, 15) is 4.79 Å². The van der Waals surface area contributed by atoms with Crippen LogP contribution in [0.15, 0.2) is 65.9 Å². The van der Waals surface area contributed by atoms with Crippen molar-refractivity contribution in [3.05, 3.63) is 82.7 Å². The molecule has 30 heavy (non-hydrogen) atoms. The van der Waals surface area contributed by atoms with Crippen molar-refractivity contribution in [2.24, 2.45) is 0 Å². The number of ether oxygens (including phenoxy) is 1. The zero-order valence-electron chi connectivity index (χ0n) is 17.3. The smallest absolute Gasteiger partial charge is 0.161 e. The number of carbonyl (C=O) groups is 1. The highest BCUT2D eigenvalue weighted by Crippen LogP contribution is 2.49. The van der Waals surface area contributed by atoms with E-state index in [2.05, 4.69) is 11.4 Å². The van der Waals surface area contributed by atoms with Gasteiger partial charge >= 0.3 is 0 Å². The van der Waals surface area contributed by atoms with Gasteiger partial charge in [0.15, 0.2) is 5.78 Å². The van der Waals surface area contributed by atoms with E-state index in [-0.39, 0.29) is 11.7 Å². The number of ketones is 1. The number of nitrogens with zero attached hydrogens (tertiary/aromatic N) is 2. The molecule has 0 saturated carbocycles. The van der Waals surface area contributed by atoms with Gasteiger partial charge in [-0.1, -0.05) is 36.4 Å². The Morgan fingerprint density at radius 1 is 1.10 bits per heavy atom. The Morgan fingerprint density at radius 2 is 1.87 bits per heavy atom. The first-order valence-electron chi connectivity index (χ1n) is 10.6. The van der Waals surface area contributed by atoms with Gasteiger partial charge in [-0.15, -0.1) is 0 Å². The normalized spacial score (nSPS) is 17.9. The lowest BCUT2D eigenvalue weighted by molar-refractivity contribution is -0.116. The summed E-state index contributed by atoms with van der Waals surface area (Å²) in [7, 11) is 0. The number of aromatic nitrogens is 2. The second kappa shape index (κ2) is 7.48. The zero-order chi connectivity index (χ0) is 20.7. The number of allylic oxidation sites excluding steroid dienone is 2. The minimum absolute atomic E-state index is 0.177. The Kier molecular flexibility index (Phi) is 4.66. The largest absolute Gasteiger partial charge is 0.494 e. The molecule has 0 spiro atoms. The van der Waals surface area contributed by atoms with Gasteiger partial charge < -0.3 is 10.1 Å². The molecule has 0 unspecified atom stereocenters. The van der Waals surface area contributed by atoms with Crippen LogP contribution in [0.1, 0.15) is 48.9 Å². The fourth-order valence-corrected chi connectivity index (χ4v) is 4.69. The van der Waals surface area contributed by atoms with Crippen LogP contribution in [0.25, 0.3) is 5.69 Å². The first-order chi connectivity index (χ1) is 14.7. The third-order valence-corrected chi connectivity index (χ3v) is 5.94. The van der Waals surface area contributed by atoms with Crippen molar-refractivity contribution in [1.29, 1.82) is 0 Å². The molecular weight excluding hydrogens is 374 g/mol. The average Bonchev–Trinajstić information content (AvgIpc) is 3.10. The topological polar surface area (TPSA) is 56.1 Å². The van der Waals surface area contributed by atoms with Crippen LogP contribution in [0.5, 0.6) is 5.75 Å². The molecule has 1 aromatic heterocycles. The van der Waals surface area contributed by atoms with Crippen LogP contribution in [0.3, 0.4) is 0 Å². The van der Waals surface area contributed by atoms with Crippen LogP contribution >= 0.6 is 0 Å². The number of nitrogens with one attached hydrogen (secondary N) is 1. The van der Waals surface area contributed by atoms with E-state index in [1.165, 1.54) is 0 Å². The fraction of sp³-hybridized carbons (Fsp3) is 0.280. The lowest BCUT2D eigenvalue weighted by atomic mass is 9.76.